The predicted molar refractivity (Wildman–Crippen MR) is 76.4 cm³/mol. The van der Waals surface area contributed by atoms with E-state index in [1.807, 2.05) is 0 Å². The minimum atomic E-state index is 0.466. The van der Waals surface area contributed by atoms with Crippen molar-refractivity contribution in [1.29, 1.82) is 0 Å². The third kappa shape index (κ3) is 17.8. The topological polar surface area (TPSA) is 47.9 Å². The molecule has 0 aliphatic heterocycles. The van der Waals surface area contributed by atoms with Gasteiger partial charge in [0.2, 0.25) is 0 Å². The summed E-state index contributed by atoms with van der Waals surface area (Å²) in [5, 5.41) is 15.1. The highest BCUT2D eigenvalue weighted by Gasteiger charge is 2.08. The van der Waals surface area contributed by atoms with Gasteiger partial charge in [0, 0.05) is 0 Å². The van der Waals surface area contributed by atoms with E-state index in [2.05, 4.69) is 35.7 Å². The molecule has 0 aromatic rings. The fourth-order valence-corrected chi connectivity index (χ4v) is 2.11. The van der Waals surface area contributed by atoms with Gasteiger partial charge in [-0.15, -0.1) is 0 Å². The summed E-state index contributed by atoms with van der Waals surface area (Å²) in [7, 11) is 0. The SMILES string of the molecule is CC(C)(C)CCCCCCCCCCCOOOO. The summed E-state index contributed by atoms with van der Waals surface area (Å²) < 4.78 is 0. The van der Waals surface area contributed by atoms with Crippen molar-refractivity contribution in [2.24, 2.45) is 5.41 Å². The van der Waals surface area contributed by atoms with Crippen molar-refractivity contribution in [2.45, 2.75) is 85.0 Å². The van der Waals surface area contributed by atoms with Crippen molar-refractivity contribution in [3.63, 3.8) is 0 Å². The molecule has 0 fully saturated rings. The van der Waals surface area contributed by atoms with E-state index >= 15 is 0 Å². The molecule has 0 aliphatic carbocycles. The minimum absolute atomic E-state index is 0.466. The van der Waals surface area contributed by atoms with Crippen LogP contribution in [0, 0.1) is 5.41 Å². The van der Waals surface area contributed by atoms with Crippen molar-refractivity contribution < 1.29 is 20.2 Å². The van der Waals surface area contributed by atoms with E-state index in [9.17, 15) is 0 Å². The lowest BCUT2D eigenvalue weighted by Gasteiger charge is -2.17. The first-order chi connectivity index (χ1) is 9.06. The molecule has 0 unspecified atom stereocenters. The average Bonchev–Trinajstić information content (AvgIpc) is 2.34. The van der Waals surface area contributed by atoms with E-state index in [0.717, 1.165) is 12.8 Å². The van der Waals surface area contributed by atoms with Gasteiger partial charge in [0.1, 0.15) is 0 Å². The summed E-state index contributed by atoms with van der Waals surface area (Å²) in [4.78, 5) is 4.51. The molecular formula is C15H32O4. The molecule has 4 heteroatoms. The van der Waals surface area contributed by atoms with Gasteiger partial charge in [-0.2, -0.15) is 0 Å². The first kappa shape index (κ1) is 18.8. The van der Waals surface area contributed by atoms with Crippen molar-refractivity contribution in [1.82, 2.24) is 0 Å². The van der Waals surface area contributed by atoms with E-state index in [0.29, 0.717) is 12.0 Å². The largest absolute Gasteiger partial charge is 0.219 e. The molecule has 0 aromatic heterocycles. The summed E-state index contributed by atoms with van der Waals surface area (Å²) in [5.74, 6) is 0. The molecule has 0 aliphatic rings. The molecule has 0 saturated heterocycles. The molecular weight excluding hydrogens is 244 g/mol. The minimum Gasteiger partial charge on any atom is -0.219 e. The molecule has 0 saturated carbocycles. The Labute approximate surface area is 118 Å². The molecule has 4 nitrogen and oxygen atoms in total. The highest BCUT2D eigenvalue weighted by molar-refractivity contribution is 4.61. The van der Waals surface area contributed by atoms with Gasteiger partial charge in [-0.3, -0.25) is 0 Å². The standard InChI is InChI=1S/C15H32O4/c1-15(2,3)13-11-9-7-5-4-6-8-10-12-14-17-19-18-16/h16H,4-14H2,1-3H3. The van der Waals surface area contributed by atoms with Gasteiger partial charge in [-0.1, -0.05) is 72.1 Å². The lowest BCUT2D eigenvalue weighted by Crippen LogP contribution is -2.03. The Morgan fingerprint density at radius 2 is 1.21 bits per heavy atom. The number of unbranched alkanes of at least 4 members (excludes halogenated alkanes) is 8. The normalized spacial score (nSPS) is 12.0. The second kappa shape index (κ2) is 12.9. The molecule has 1 N–H and O–H groups in total. The molecule has 0 aromatic carbocycles. The van der Waals surface area contributed by atoms with Crippen LogP contribution in [0.15, 0.2) is 0 Å². The zero-order valence-electron chi connectivity index (χ0n) is 13.0. The van der Waals surface area contributed by atoms with E-state index in [1.54, 1.807) is 0 Å². The first-order valence-corrected chi connectivity index (χ1v) is 7.66. The van der Waals surface area contributed by atoms with Crippen LogP contribution in [0.1, 0.15) is 85.0 Å². The average molecular weight is 276 g/mol. The lowest BCUT2D eigenvalue weighted by atomic mass is 9.89. The number of hydrogen-bond acceptors (Lipinski definition) is 4. The molecule has 0 radical (unpaired) electrons. The van der Waals surface area contributed by atoms with Gasteiger partial charge < -0.3 is 0 Å². The third-order valence-electron chi connectivity index (χ3n) is 3.23. The molecule has 0 bridgehead atoms. The molecule has 0 heterocycles. The zero-order chi connectivity index (χ0) is 14.4. The smallest absolute Gasteiger partial charge is 0.0854 e. The quantitative estimate of drug-likeness (QED) is 0.282. The lowest BCUT2D eigenvalue weighted by molar-refractivity contribution is -0.623. The molecule has 0 spiro atoms. The number of hydrogen-bond donors (Lipinski definition) is 1. The summed E-state index contributed by atoms with van der Waals surface area (Å²) in [5.41, 5.74) is 0.493. The van der Waals surface area contributed by atoms with Crippen LogP contribution in [0.4, 0.5) is 0 Å². The van der Waals surface area contributed by atoms with Crippen molar-refractivity contribution in [2.75, 3.05) is 6.61 Å². The summed E-state index contributed by atoms with van der Waals surface area (Å²) in [6.07, 6.45) is 12.8. The Morgan fingerprint density at radius 1 is 0.737 bits per heavy atom. The molecule has 0 amide bonds. The highest BCUT2D eigenvalue weighted by atomic mass is 17.6. The first-order valence-electron chi connectivity index (χ1n) is 7.66. The molecule has 0 rings (SSSR count). The monoisotopic (exact) mass is 276 g/mol. The van der Waals surface area contributed by atoms with Crippen LogP contribution in [0.3, 0.4) is 0 Å². The fourth-order valence-electron chi connectivity index (χ4n) is 2.11. The Balaban J connectivity index is 2.99. The van der Waals surface area contributed by atoms with E-state index in [-0.39, 0.29) is 0 Å². The number of rotatable bonds is 13. The van der Waals surface area contributed by atoms with Gasteiger partial charge in [0.25, 0.3) is 0 Å². The van der Waals surface area contributed by atoms with Crippen molar-refractivity contribution in [3.8, 4) is 0 Å². The third-order valence-corrected chi connectivity index (χ3v) is 3.23. The molecule has 0 atom stereocenters. The zero-order valence-corrected chi connectivity index (χ0v) is 13.0. The predicted octanol–water partition coefficient (Wildman–Crippen LogP) is 5.29. The Bertz CT molecular complexity index is 177. The second-order valence-corrected chi connectivity index (χ2v) is 6.46. The van der Waals surface area contributed by atoms with Gasteiger partial charge >= 0.3 is 0 Å². The maximum atomic E-state index is 7.82. The van der Waals surface area contributed by atoms with Gasteiger partial charge in [-0.05, 0) is 28.3 Å². The van der Waals surface area contributed by atoms with Crippen LogP contribution in [0.25, 0.3) is 0 Å². The molecule has 19 heavy (non-hydrogen) atoms. The summed E-state index contributed by atoms with van der Waals surface area (Å²) in [6.45, 7) is 7.41. The van der Waals surface area contributed by atoms with Crippen molar-refractivity contribution >= 4 is 0 Å². The summed E-state index contributed by atoms with van der Waals surface area (Å²) in [6, 6.07) is 0. The van der Waals surface area contributed by atoms with Crippen LogP contribution >= 0.6 is 0 Å². The Kier molecular flexibility index (Phi) is 12.7. The Hall–Kier alpha value is -0.160. The van der Waals surface area contributed by atoms with Gasteiger partial charge in [0.15, 0.2) is 0 Å². The van der Waals surface area contributed by atoms with Crippen LogP contribution in [-0.2, 0) is 15.0 Å². The molecule has 116 valence electrons. The van der Waals surface area contributed by atoms with Crippen LogP contribution in [-0.4, -0.2) is 11.9 Å². The van der Waals surface area contributed by atoms with Crippen LogP contribution < -0.4 is 0 Å². The van der Waals surface area contributed by atoms with E-state index in [4.69, 9.17) is 5.26 Å². The maximum absolute atomic E-state index is 7.82. The maximum Gasteiger partial charge on any atom is 0.0854 e. The van der Waals surface area contributed by atoms with Crippen LogP contribution in [0.5, 0.6) is 0 Å². The Morgan fingerprint density at radius 3 is 1.68 bits per heavy atom. The second-order valence-electron chi connectivity index (χ2n) is 6.46. The van der Waals surface area contributed by atoms with Crippen LogP contribution in [0.2, 0.25) is 0 Å². The summed E-state index contributed by atoms with van der Waals surface area (Å²) >= 11 is 0. The van der Waals surface area contributed by atoms with E-state index in [1.165, 1.54) is 51.4 Å². The highest BCUT2D eigenvalue weighted by Crippen LogP contribution is 2.22. The van der Waals surface area contributed by atoms with Gasteiger partial charge in [-0.25, -0.2) is 10.1 Å². The van der Waals surface area contributed by atoms with Gasteiger partial charge in [0.05, 0.1) is 6.61 Å². The van der Waals surface area contributed by atoms with E-state index < -0.39 is 0 Å². The van der Waals surface area contributed by atoms with Crippen molar-refractivity contribution in [3.05, 3.63) is 0 Å². The fraction of sp³-hybridized carbons (Fsp3) is 1.00.